The Labute approximate surface area is 128 Å². The molecule has 0 amide bonds. The van der Waals surface area contributed by atoms with E-state index >= 15 is 0 Å². The molecule has 2 aromatic carbocycles. The number of methoxy groups -OCH3 is 2. The molecule has 0 fully saturated rings. The van der Waals surface area contributed by atoms with E-state index < -0.39 is 0 Å². The van der Waals surface area contributed by atoms with E-state index in [2.05, 4.69) is 10.2 Å². The van der Waals surface area contributed by atoms with Crippen molar-refractivity contribution in [2.45, 2.75) is 6.42 Å². The van der Waals surface area contributed by atoms with E-state index in [1.165, 1.54) is 0 Å². The minimum absolute atomic E-state index is 0.681. The van der Waals surface area contributed by atoms with E-state index in [-0.39, 0.29) is 0 Å². The number of benzene rings is 2. The van der Waals surface area contributed by atoms with E-state index in [1.54, 1.807) is 20.4 Å². The number of hydrogen-bond donors (Lipinski definition) is 1. The first-order valence-electron chi connectivity index (χ1n) is 6.92. The summed E-state index contributed by atoms with van der Waals surface area (Å²) in [4.78, 5) is 0. The fourth-order valence-electron chi connectivity index (χ4n) is 2.43. The van der Waals surface area contributed by atoms with Crippen LogP contribution in [0, 0.1) is 0 Å². The summed E-state index contributed by atoms with van der Waals surface area (Å²) in [7, 11) is 3.24. The van der Waals surface area contributed by atoms with Crippen LogP contribution in [0.4, 0.5) is 5.69 Å². The van der Waals surface area contributed by atoms with Crippen molar-refractivity contribution in [3.05, 3.63) is 53.9 Å². The van der Waals surface area contributed by atoms with Crippen molar-refractivity contribution in [2.24, 2.45) is 0 Å². The molecule has 0 saturated heterocycles. The van der Waals surface area contributed by atoms with Crippen LogP contribution in [0.15, 0.2) is 42.6 Å². The Balaban J connectivity index is 2.07. The SMILES string of the molecule is COc1cc2cnnc(Cc3ccc(N)cc3)c2cc1OC. The van der Waals surface area contributed by atoms with Gasteiger partial charge in [-0.05, 0) is 29.8 Å². The topological polar surface area (TPSA) is 70.3 Å². The lowest BCUT2D eigenvalue weighted by Gasteiger charge is -2.11. The highest BCUT2D eigenvalue weighted by atomic mass is 16.5. The molecule has 0 aliphatic carbocycles. The average Bonchev–Trinajstić information content (AvgIpc) is 2.56. The Hall–Kier alpha value is -2.82. The third-order valence-corrected chi connectivity index (χ3v) is 3.59. The number of nitrogen functional groups attached to an aromatic ring is 1. The van der Waals surface area contributed by atoms with Crippen molar-refractivity contribution in [3.8, 4) is 11.5 Å². The van der Waals surface area contributed by atoms with Gasteiger partial charge in [-0.15, -0.1) is 0 Å². The van der Waals surface area contributed by atoms with E-state index in [0.717, 1.165) is 27.7 Å². The molecule has 3 aromatic rings. The molecular weight excluding hydrogens is 278 g/mol. The highest BCUT2D eigenvalue weighted by molar-refractivity contribution is 5.87. The highest BCUT2D eigenvalue weighted by Crippen LogP contribution is 2.33. The second kappa shape index (κ2) is 5.89. The molecule has 0 radical (unpaired) electrons. The van der Waals surface area contributed by atoms with Gasteiger partial charge in [-0.2, -0.15) is 10.2 Å². The normalized spacial score (nSPS) is 10.6. The summed E-state index contributed by atoms with van der Waals surface area (Å²) < 4.78 is 10.7. The maximum atomic E-state index is 5.72. The van der Waals surface area contributed by atoms with Gasteiger partial charge in [0.05, 0.1) is 26.1 Å². The van der Waals surface area contributed by atoms with Gasteiger partial charge in [-0.1, -0.05) is 12.1 Å². The third kappa shape index (κ3) is 2.65. The van der Waals surface area contributed by atoms with Gasteiger partial charge >= 0.3 is 0 Å². The molecule has 1 aromatic heterocycles. The van der Waals surface area contributed by atoms with E-state index in [1.807, 2.05) is 36.4 Å². The first-order chi connectivity index (χ1) is 10.7. The third-order valence-electron chi connectivity index (χ3n) is 3.59. The van der Waals surface area contributed by atoms with Gasteiger partial charge in [0.25, 0.3) is 0 Å². The predicted molar refractivity (Wildman–Crippen MR) is 86.3 cm³/mol. The molecule has 0 atom stereocenters. The minimum Gasteiger partial charge on any atom is -0.493 e. The van der Waals surface area contributed by atoms with Crippen molar-refractivity contribution in [1.29, 1.82) is 0 Å². The molecule has 5 heteroatoms. The van der Waals surface area contributed by atoms with E-state index in [4.69, 9.17) is 15.2 Å². The number of hydrogen-bond acceptors (Lipinski definition) is 5. The molecule has 0 spiro atoms. The second-order valence-electron chi connectivity index (χ2n) is 5.00. The summed E-state index contributed by atoms with van der Waals surface area (Å²) in [6.07, 6.45) is 2.41. The van der Waals surface area contributed by atoms with Gasteiger partial charge in [0.1, 0.15) is 0 Å². The average molecular weight is 295 g/mol. The maximum Gasteiger partial charge on any atom is 0.161 e. The Bertz CT molecular complexity index is 801. The monoisotopic (exact) mass is 295 g/mol. The molecule has 22 heavy (non-hydrogen) atoms. The van der Waals surface area contributed by atoms with Crippen molar-refractivity contribution < 1.29 is 9.47 Å². The van der Waals surface area contributed by atoms with Crippen LogP contribution in [0.1, 0.15) is 11.3 Å². The Morgan fingerprint density at radius 2 is 1.68 bits per heavy atom. The molecule has 1 heterocycles. The molecule has 3 rings (SSSR count). The van der Waals surface area contributed by atoms with Gasteiger partial charge in [0, 0.05) is 22.9 Å². The molecular formula is C17H17N3O2. The minimum atomic E-state index is 0.681. The standard InChI is InChI=1S/C17H17N3O2/c1-21-16-8-12-10-19-20-15(14(12)9-17(16)22-2)7-11-3-5-13(18)6-4-11/h3-6,8-10H,7,18H2,1-2H3. The number of ether oxygens (including phenoxy) is 2. The van der Waals surface area contributed by atoms with Crippen LogP contribution in [0.3, 0.4) is 0 Å². The Morgan fingerprint density at radius 3 is 2.36 bits per heavy atom. The van der Waals surface area contributed by atoms with Crippen LogP contribution < -0.4 is 15.2 Å². The first-order valence-corrected chi connectivity index (χ1v) is 6.92. The molecule has 0 bridgehead atoms. The number of rotatable bonds is 4. The van der Waals surface area contributed by atoms with Crippen molar-refractivity contribution in [2.75, 3.05) is 20.0 Å². The summed E-state index contributed by atoms with van der Waals surface area (Å²) in [5, 5.41) is 10.3. The van der Waals surface area contributed by atoms with E-state index in [0.29, 0.717) is 17.9 Å². The lowest BCUT2D eigenvalue weighted by molar-refractivity contribution is 0.356. The van der Waals surface area contributed by atoms with Crippen molar-refractivity contribution >= 4 is 16.5 Å². The van der Waals surface area contributed by atoms with Gasteiger partial charge in [-0.3, -0.25) is 0 Å². The van der Waals surface area contributed by atoms with Crippen LogP contribution in [0.25, 0.3) is 10.8 Å². The summed E-state index contributed by atoms with van der Waals surface area (Å²) in [6, 6.07) is 11.6. The zero-order chi connectivity index (χ0) is 15.5. The molecule has 0 aliphatic rings. The van der Waals surface area contributed by atoms with Gasteiger partial charge in [-0.25, -0.2) is 0 Å². The largest absolute Gasteiger partial charge is 0.493 e. The fourth-order valence-corrected chi connectivity index (χ4v) is 2.43. The summed E-state index contributed by atoms with van der Waals surface area (Å²) in [6.45, 7) is 0. The van der Waals surface area contributed by atoms with Crippen molar-refractivity contribution in [1.82, 2.24) is 10.2 Å². The number of fused-ring (bicyclic) bond motifs is 1. The molecule has 2 N–H and O–H groups in total. The highest BCUT2D eigenvalue weighted by Gasteiger charge is 2.11. The number of nitrogens with zero attached hydrogens (tertiary/aromatic N) is 2. The van der Waals surface area contributed by atoms with Gasteiger partial charge in [0.15, 0.2) is 11.5 Å². The summed E-state index contributed by atoms with van der Waals surface area (Å²) >= 11 is 0. The smallest absolute Gasteiger partial charge is 0.161 e. The predicted octanol–water partition coefficient (Wildman–Crippen LogP) is 2.82. The van der Waals surface area contributed by atoms with Gasteiger partial charge in [0.2, 0.25) is 0 Å². The van der Waals surface area contributed by atoms with Crippen LogP contribution in [0.5, 0.6) is 11.5 Å². The van der Waals surface area contributed by atoms with Crippen molar-refractivity contribution in [3.63, 3.8) is 0 Å². The van der Waals surface area contributed by atoms with Crippen LogP contribution in [-0.4, -0.2) is 24.4 Å². The zero-order valence-corrected chi connectivity index (χ0v) is 12.5. The van der Waals surface area contributed by atoms with Crippen LogP contribution in [-0.2, 0) is 6.42 Å². The Morgan fingerprint density at radius 1 is 1.00 bits per heavy atom. The Kier molecular flexibility index (Phi) is 3.78. The van der Waals surface area contributed by atoms with E-state index in [9.17, 15) is 0 Å². The quantitative estimate of drug-likeness (QED) is 0.749. The fraction of sp³-hybridized carbons (Fsp3) is 0.176. The van der Waals surface area contributed by atoms with Crippen LogP contribution in [0.2, 0.25) is 0 Å². The number of anilines is 1. The van der Waals surface area contributed by atoms with Gasteiger partial charge < -0.3 is 15.2 Å². The molecule has 0 aliphatic heterocycles. The second-order valence-corrected chi connectivity index (χ2v) is 5.00. The molecule has 0 saturated carbocycles. The summed E-state index contributed by atoms with van der Waals surface area (Å²) in [5.74, 6) is 1.36. The number of aromatic nitrogens is 2. The lowest BCUT2D eigenvalue weighted by Crippen LogP contribution is -1.98. The molecule has 112 valence electrons. The zero-order valence-electron chi connectivity index (χ0n) is 12.5. The summed E-state index contributed by atoms with van der Waals surface area (Å²) in [5.41, 5.74) is 8.49. The maximum absolute atomic E-state index is 5.72. The lowest BCUT2D eigenvalue weighted by atomic mass is 10.0. The molecule has 0 unspecified atom stereocenters. The molecule has 5 nitrogen and oxygen atoms in total. The van der Waals surface area contributed by atoms with Crippen LogP contribution >= 0.6 is 0 Å². The number of nitrogens with two attached hydrogens (primary N) is 1. The first kappa shape index (κ1) is 14.1.